The maximum absolute atomic E-state index is 12.4. The number of benzene rings is 1. The average molecular weight is 450 g/mol. The molecule has 1 saturated heterocycles. The first kappa shape index (κ1) is 21.7. The zero-order chi connectivity index (χ0) is 23.5. The largest absolute Gasteiger partial charge is 0.465 e. The van der Waals surface area contributed by atoms with Crippen LogP contribution < -0.4 is 16.9 Å². The van der Waals surface area contributed by atoms with E-state index in [0.29, 0.717) is 29.9 Å². The van der Waals surface area contributed by atoms with Crippen molar-refractivity contribution in [2.45, 2.75) is 25.3 Å². The van der Waals surface area contributed by atoms with Crippen molar-refractivity contribution in [3.05, 3.63) is 59.7 Å². The fourth-order valence-electron chi connectivity index (χ4n) is 3.89. The Hall–Kier alpha value is -4.48. The molecule has 1 aliphatic rings. The zero-order valence-corrected chi connectivity index (χ0v) is 17.5. The van der Waals surface area contributed by atoms with Crippen LogP contribution in [0.25, 0.3) is 11.3 Å². The molecule has 33 heavy (non-hydrogen) atoms. The van der Waals surface area contributed by atoms with Crippen molar-refractivity contribution in [2.24, 2.45) is 5.73 Å². The maximum atomic E-state index is 12.4. The van der Waals surface area contributed by atoms with Gasteiger partial charge in [-0.15, -0.1) is 5.10 Å². The molecule has 1 aromatic carbocycles. The summed E-state index contributed by atoms with van der Waals surface area (Å²) in [5.41, 5.74) is 6.59. The number of aromatic nitrogens is 4. The Morgan fingerprint density at radius 2 is 1.88 bits per heavy atom. The van der Waals surface area contributed by atoms with Gasteiger partial charge in [-0.25, -0.2) is 14.5 Å². The minimum absolute atomic E-state index is 0.0438. The van der Waals surface area contributed by atoms with Crippen molar-refractivity contribution in [3.8, 4) is 11.3 Å². The molecule has 3 amide bonds. The van der Waals surface area contributed by atoms with E-state index in [4.69, 9.17) is 11.6 Å². The molecule has 2 aromatic heterocycles. The quantitative estimate of drug-likeness (QED) is 0.423. The van der Waals surface area contributed by atoms with Crippen molar-refractivity contribution in [2.75, 3.05) is 17.7 Å². The summed E-state index contributed by atoms with van der Waals surface area (Å²) in [6, 6.07) is 9.01. The van der Waals surface area contributed by atoms with Crippen LogP contribution in [0.2, 0.25) is 0 Å². The number of carbonyl (C=O) groups excluding carboxylic acids is 2. The average Bonchev–Trinajstić information content (AvgIpc) is 3.17. The summed E-state index contributed by atoms with van der Waals surface area (Å²) >= 11 is 0. The first-order chi connectivity index (χ1) is 15.9. The number of imidazole rings is 1. The number of nitrogens with one attached hydrogen (secondary N) is 1. The normalized spacial score (nSPS) is 15.8. The highest BCUT2D eigenvalue weighted by molar-refractivity contribution is 6.04. The van der Waals surface area contributed by atoms with Gasteiger partial charge in [-0.1, -0.05) is 12.1 Å². The summed E-state index contributed by atoms with van der Waals surface area (Å²) in [6.07, 6.45) is 2.48. The predicted octanol–water partition coefficient (Wildman–Crippen LogP) is 1.61. The molecule has 0 unspecified atom stereocenters. The third-order valence-electron chi connectivity index (χ3n) is 5.45. The van der Waals surface area contributed by atoms with E-state index in [9.17, 15) is 19.5 Å². The lowest BCUT2D eigenvalue weighted by Gasteiger charge is -2.32. The van der Waals surface area contributed by atoms with Crippen molar-refractivity contribution >= 4 is 23.7 Å². The number of carboxylic acid groups (broad SMARTS) is 1. The molecule has 3 heterocycles. The lowest BCUT2D eigenvalue weighted by molar-refractivity contribution is 0.0986. The molecule has 0 saturated carbocycles. The second-order valence-corrected chi connectivity index (χ2v) is 7.53. The zero-order valence-electron chi connectivity index (χ0n) is 17.5. The van der Waals surface area contributed by atoms with Crippen LogP contribution in [0.1, 0.15) is 52.0 Å². The summed E-state index contributed by atoms with van der Waals surface area (Å²) in [4.78, 5) is 42.1. The second-order valence-electron chi connectivity index (χ2n) is 7.53. The molecular formula is C21H22N8O4. The number of anilines is 1. The van der Waals surface area contributed by atoms with E-state index in [1.807, 2.05) is 0 Å². The van der Waals surface area contributed by atoms with Gasteiger partial charge in [0.25, 0.3) is 11.8 Å². The highest BCUT2D eigenvalue weighted by Crippen LogP contribution is 2.33. The minimum Gasteiger partial charge on any atom is -0.465 e. The van der Waals surface area contributed by atoms with Crippen LogP contribution in [0.5, 0.6) is 0 Å². The Bertz CT molecular complexity index is 1190. The molecule has 170 valence electrons. The smallest absolute Gasteiger partial charge is 0.407 e. The number of piperidine rings is 1. The van der Waals surface area contributed by atoms with E-state index in [1.54, 1.807) is 36.4 Å². The number of likely N-dealkylation sites (tertiary alicyclic amines) is 1. The van der Waals surface area contributed by atoms with E-state index in [-0.39, 0.29) is 23.1 Å². The first-order valence-electron chi connectivity index (χ1n) is 10.2. The van der Waals surface area contributed by atoms with Gasteiger partial charge < -0.3 is 22.0 Å². The molecule has 12 heteroatoms. The number of carbonyl (C=O) groups is 3. The Morgan fingerprint density at radius 3 is 2.52 bits per heavy atom. The van der Waals surface area contributed by atoms with Crippen LogP contribution in [0.3, 0.4) is 0 Å². The number of amides is 3. The fourth-order valence-corrected chi connectivity index (χ4v) is 3.89. The van der Waals surface area contributed by atoms with Gasteiger partial charge in [0.15, 0.2) is 17.3 Å². The number of hydrogen-bond donors (Lipinski definition) is 4. The van der Waals surface area contributed by atoms with Gasteiger partial charge in [0.2, 0.25) is 0 Å². The van der Waals surface area contributed by atoms with Gasteiger partial charge in [-0.3, -0.25) is 14.5 Å². The molecule has 0 radical (unpaired) electrons. The second kappa shape index (κ2) is 8.94. The lowest BCUT2D eigenvalue weighted by Crippen LogP contribution is -2.39. The van der Waals surface area contributed by atoms with Crippen LogP contribution in [0.15, 0.2) is 42.6 Å². The van der Waals surface area contributed by atoms with Crippen LogP contribution in [0.4, 0.5) is 10.6 Å². The molecular weight excluding hydrogens is 428 g/mol. The highest BCUT2D eigenvalue weighted by atomic mass is 16.4. The molecule has 4 rings (SSSR count). The third-order valence-corrected chi connectivity index (χ3v) is 5.45. The molecule has 0 spiro atoms. The summed E-state index contributed by atoms with van der Waals surface area (Å²) in [7, 11) is 0. The van der Waals surface area contributed by atoms with Crippen LogP contribution in [-0.4, -0.2) is 54.3 Å². The topological polar surface area (TPSA) is 182 Å². The Kier molecular flexibility index (Phi) is 5.89. The van der Waals surface area contributed by atoms with Crippen LogP contribution in [-0.2, 0) is 0 Å². The summed E-state index contributed by atoms with van der Waals surface area (Å²) < 4.78 is 1.07. The van der Waals surface area contributed by atoms with E-state index in [1.165, 1.54) is 11.1 Å². The number of nitrogens with zero attached hydrogens (tertiary/aromatic N) is 5. The van der Waals surface area contributed by atoms with Gasteiger partial charge in [0.1, 0.15) is 5.69 Å². The van der Waals surface area contributed by atoms with Crippen LogP contribution >= 0.6 is 0 Å². The Balaban J connectivity index is 1.66. The molecule has 1 fully saturated rings. The molecule has 12 nitrogen and oxygen atoms in total. The number of nitrogens with two attached hydrogens (primary N) is 2. The first-order valence-corrected chi connectivity index (χ1v) is 10.2. The molecule has 0 bridgehead atoms. The SMILES string of the molecule is NC(=O)c1c(-c2ccc(C(=O)Nc3cccnn3)cc2)nc([C@@H]2CCCCN2C(=O)O)n1N. The maximum Gasteiger partial charge on any atom is 0.407 e. The highest BCUT2D eigenvalue weighted by Gasteiger charge is 2.34. The molecule has 1 aliphatic heterocycles. The predicted molar refractivity (Wildman–Crippen MR) is 118 cm³/mol. The standard InChI is InChI=1S/C21H22N8O4/c22-18(30)17-16(26-19(29(17)23)14-4-1-2-11-28(14)21(32)33)12-6-8-13(9-7-12)20(31)25-15-5-3-10-24-27-15/h3,5-10,14H,1-2,4,11,23H2,(H2,22,30)(H,32,33)(H,25,27,31)/t14-/m0/s1. The van der Waals surface area contributed by atoms with Crippen LogP contribution in [0, 0.1) is 0 Å². The van der Waals surface area contributed by atoms with Gasteiger partial charge in [0, 0.05) is 23.9 Å². The van der Waals surface area contributed by atoms with Gasteiger partial charge in [-0.05, 0) is 43.5 Å². The van der Waals surface area contributed by atoms with Crippen molar-refractivity contribution in [1.82, 2.24) is 24.8 Å². The number of rotatable bonds is 5. The van der Waals surface area contributed by atoms with E-state index in [2.05, 4.69) is 20.5 Å². The Morgan fingerprint density at radius 1 is 1.12 bits per heavy atom. The molecule has 6 N–H and O–H groups in total. The molecule has 0 aliphatic carbocycles. The summed E-state index contributed by atoms with van der Waals surface area (Å²) in [5.74, 6) is 5.52. The van der Waals surface area contributed by atoms with Crippen molar-refractivity contribution in [1.29, 1.82) is 0 Å². The van der Waals surface area contributed by atoms with Crippen molar-refractivity contribution in [3.63, 3.8) is 0 Å². The number of hydrogen-bond acceptors (Lipinski definition) is 7. The number of nitrogen functional groups attached to an aromatic ring is 1. The van der Waals surface area contributed by atoms with E-state index >= 15 is 0 Å². The number of primary amides is 1. The lowest BCUT2D eigenvalue weighted by atomic mass is 10.0. The van der Waals surface area contributed by atoms with E-state index < -0.39 is 18.0 Å². The van der Waals surface area contributed by atoms with E-state index in [0.717, 1.165) is 17.5 Å². The molecule has 1 atom stereocenters. The summed E-state index contributed by atoms with van der Waals surface area (Å²) in [5, 5.41) is 19.7. The van der Waals surface area contributed by atoms with Crippen molar-refractivity contribution < 1.29 is 19.5 Å². The van der Waals surface area contributed by atoms with Gasteiger partial charge in [-0.2, -0.15) is 5.10 Å². The third kappa shape index (κ3) is 4.31. The Labute approximate surface area is 188 Å². The van der Waals surface area contributed by atoms with Gasteiger partial charge >= 0.3 is 6.09 Å². The fraction of sp³-hybridized carbons (Fsp3) is 0.238. The van der Waals surface area contributed by atoms with Gasteiger partial charge in [0.05, 0.1) is 6.04 Å². The minimum atomic E-state index is -1.08. The monoisotopic (exact) mass is 450 g/mol. The molecule has 3 aromatic rings. The summed E-state index contributed by atoms with van der Waals surface area (Å²) in [6.45, 7) is 0.351.